The molecule has 0 aliphatic heterocycles. The van der Waals surface area contributed by atoms with E-state index < -0.39 is 15.9 Å². The highest BCUT2D eigenvalue weighted by molar-refractivity contribution is 7.92. The van der Waals surface area contributed by atoms with Crippen molar-refractivity contribution in [2.45, 2.75) is 11.8 Å². The molecule has 1 amide bonds. The number of nitrogens with zero attached hydrogens (tertiary/aromatic N) is 2. The number of aryl methyl sites for hydroxylation is 1. The van der Waals surface area contributed by atoms with Gasteiger partial charge in [-0.1, -0.05) is 0 Å². The lowest BCUT2D eigenvalue weighted by Gasteiger charge is -2.19. The summed E-state index contributed by atoms with van der Waals surface area (Å²) < 4.78 is 27.7. The van der Waals surface area contributed by atoms with E-state index in [1.165, 1.54) is 48.1 Å². The van der Waals surface area contributed by atoms with Crippen molar-refractivity contribution in [2.75, 3.05) is 11.4 Å². The highest BCUT2D eigenvalue weighted by Gasteiger charge is 2.22. The van der Waals surface area contributed by atoms with Gasteiger partial charge in [-0.25, -0.2) is 18.9 Å². The summed E-state index contributed by atoms with van der Waals surface area (Å²) in [7, 11) is -2.33. The monoisotopic (exact) mass is 377 g/mol. The topological polar surface area (TPSA) is 99.6 Å². The number of carbonyl (C=O) groups is 1. The van der Waals surface area contributed by atoms with Crippen LogP contribution in [0.15, 0.2) is 47.4 Å². The lowest BCUT2D eigenvalue weighted by atomic mass is 10.2. The number of rotatable bonds is 4. The second-order valence-corrected chi connectivity index (χ2v) is 8.53. The van der Waals surface area contributed by atoms with Crippen molar-refractivity contribution in [1.29, 1.82) is 0 Å². The highest BCUT2D eigenvalue weighted by Crippen LogP contribution is 2.27. The SMILES string of the molecule is Cc1nc2cc(S(=O)(=O)N(C)c3ccc(C(=O)NO)cc3)ccc2s1. The maximum Gasteiger partial charge on any atom is 0.274 e. The van der Waals surface area contributed by atoms with Crippen LogP contribution in [0.4, 0.5) is 5.69 Å². The summed E-state index contributed by atoms with van der Waals surface area (Å²) >= 11 is 1.50. The Morgan fingerprint density at radius 2 is 1.88 bits per heavy atom. The summed E-state index contributed by atoms with van der Waals surface area (Å²) in [5, 5.41) is 9.49. The molecule has 0 aliphatic rings. The molecule has 2 aromatic carbocycles. The Kier molecular flexibility index (Phi) is 4.46. The number of aromatic nitrogens is 1. The molecule has 0 fully saturated rings. The first kappa shape index (κ1) is 17.3. The summed E-state index contributed by atoms with van der Waals surface area (Å²) in [5.74, 6) is -0.665. The van der Waals surface area contributed by atoms with Gasteiger partial charge in [-0.05, 0) is 49.4 Å². The molecule has 0 radical (unpaired) electrons. The number of thiazole rings is 1. The van der Waals surface area contributed by atoms with E-state index in [1.807, 2.05) is 6.92 Å². The fourth-order valence-corrected chi connectivity index (χ4v) is 4.39. The second kappa shape index (κ2) is 6.43. The van der Waals surface area contributed by atoms with E-state index in [2.05, 4.69) is 4.98 Å². The molecule has 0 bridgehead atoms. The normalized spacial score (nSPS) is 11.5. The summed E-state index contributed by atoms with van der Waals surface area (Å²) in [5.41, 5.74) is 2.79. The molecule has 9 heteroatoms. The number of benzene rings is 2. The van der Waals surface area contributed by atoms with Crippen LogP contribution in [0.3, 0.4) is 0 Å². The van der Waals surface area contributed by atoms with Gasteiger partial charge in [0.25, 0.3) is 15.9 Å². The van der Waals surface area contributed by atoms with Crippen LogP contribution >= 0.6 is 11.3 Å². The van der Waals surface area contributed by atoms with Crippen LogP contribution in [0.2, 0.25) is 0 Å². The van der Waals surface area contributed by atoms with E-state index in [9.17, 15) is 13.2 Å². The predicted molar refractivity (Wildman–Crippen MR) is 95.6 cm³/mol. The molecule has 130 valence electrons. The quantitative estimate of drug-likeness (QED) is 0.538. The van der Waals surface area contributed by atoms with Gasteiger partial charge in [0, 0.05) is 12.6 Å². The molecule has 1 heterocycles. The number of nitrogens with one attached hydrogen (secondary N) is 1. The van der Waals surface area contributed by atoms with Crippen molar-refractivity contribution in [3.05, 3.63) is 53.0 Å². The van der Waals surface area contributed by atoms with Gasteiger partial charge in [0.05, 0.1) is 25.8 Å². The van der Waals surface area contributed by atoms with Crippen molar-refractivity contribution in [2.24, 2.45) is 0 Å². The van der Waals surface area contributed by atoms with Gasteiger partial charge in [-0.15, -0.1) is 11.3 Å². The third kappa shape index (κ3) is 3.21. The molecular formula is C16H15N3O4S2. The lowest BCUT2D eigenvalue weighted by molar-refractivity contribution is 0.0706. The maximum atomic E-state index is 12.8. The standard InChI is InChI=1S/C16H15N3O4S2/c1-10-17-14-9-13(7-8-15(14)24-10)25(22,23)19(2)12-5-3-11(4-6-12)16(20)18-21/h3-9,21H,1-2H3,(H,18,20). The van der Waals surface area contributed by atoms with Gasteiger partial charge in [0.2, 0.25) is 0 Å². The average molecular weight is 377 g/mol. The van der Waals surface area contributed by atoms with E-state index in [0.717, 1.165) is 14.0 Å². The molecule has 0 aliphatic carbocycles. The summed E-state index contributed by atoms with van der Waals surface area (Å²) in [6, 6.07) is 10.7. The number of amides is 1. The highest BCUT2D eigenvalue weighted by atomic mass is 32.2. The number of hydrogen-bond donors (Lipinski definition) is 2. The third-order valence-corrected chi connectivity index (χ3v) is 6.45. The smallest absolute Gasteiger partial charge is 0.274 e. The Morgan fingerprint density at radius 1 is 1.20 bits per heavy atom. The summed E-state index contributed by atoms with van der Waals surface area (Å²) in [6.07, 6.45) is 0. The Bertz CT molecular complexity index is 1040. The van der Waals surface area contributed by atoms with Crippen molar-refractivity contribution < 1.29 is 18.4 Å². The Hall–Kier alpha value is -2.49. The zero-order valence-corrected chi connectivity index (χ0v) is 15.1. The Morgan fingerprint density at radius 3 is 2.52 bits per heavy atom. The molecule has 25 heavy (non-hydrogen) atoms. The molecule has 2 N–H and O–H groups in total. The van der Waals surface area contributed by atoms with E-state index in [-0.39, 0.29) is 10.5 Å². The lowest BCUT2D eigenvalue weighted by Crippen LogP contribution is -2.26. The van der Waals surface area contributed by atoms with Crippen LogP contribution in [-0.4, -0.2) is 31.6 Å². The summed E-state index contributed by atoms with van der Waals surface area (Å²) in [4.78, 5) is 15.8. The number of anilines is 1. The van der Waals surface area contributed by atoms with Crippen molar-refractivity contribution in [3.8, 4) is 0 Å². The Labute approximate surface area is 148 Å². The molecule has 0 unspecified atom stereocenters. The van der Waals surface area contributed by atoms with Crippen LogP contribution in [0.25, 0.3) is 10.2 Å². The molecule has 0 atom stereocenters. The zero-order valence-electron chi connectivity index (χ0n) is 13.4. The molecular weight excluding hydrogens is 362 g/mol. The fraction of sp³-hybridized carbons (Fsp3) is 0.125. The van der Waals surface area contributed by atoms with Crippen LogP contribution in [0, 0.1) is 6.92 Å². The van der Waals surface area contributed by atoms with Crippen LogP contribution in [0.1, 0.15) is 15.4 Å². The first-order chi connectivity index (χ1) is 11.8. The van der Waals surface area contributed by atoms with Crippen molar-refractivity contribution in [1.82, 2.24) is 10.5 Å². The van der Waals surface area contributed by atoms with E-state index in [4.69, 9.17) is 5.21 Å². The van der Waals surface area contributed by atoms with E-state index in [1.54, 1.807) is 18.2 Å². The van der Waals surface area contributed by atoms with Crippen molar-refractivity contribution >= 4 is 43.2 Å². The van der Waals surface area contributed by atoms with Gasteiger partial charge in [0.15, 0.2) is 0 Å². The van der Waals surface area contributed by atoms with Crippen molar-refractivity contribution in [3.63, 3.8) is 0 Å². The van der Waals surface area contributed by atoms with Gasteiger partial charge < -0.3 is 0 Å². The van der Waals surface area contributed by atoms with E-state index in [0.29, 0.717) is 11.2 Å². The maximum absolute atomic E-state index is 12.8. The zero-order chi connectivity index (χ0) is 18.2. The molecule has 0 saturated heterocycles. The minimum absolute atomic E-state index is 0.143. The number of fused-ring (bicyclic) bond motifs is 1. The molecule has 7 nitrogen and oxygen atoms in total. The second-order valence-electron chi connectivity index (χ2n) is 5.32. The predicted octanol–water partition coefficient (Wildman–Crippen LogP) is 2.55. The average Bonchev–Trinajstić information content (AvgIpc) is 2.99. The van der Waals surface area contributed by atoms with Crippen LogP contribution in [-0.2, 0) is 10.0 Å². The van der Waals surface area contributed by atoms with Crippen LogP contribution < -0.4 is 9.79 Å². The van der Waals surface area contributed by atoms with Gasteiger partial charge in [-0.3, -0.25) is 14.3 Å². The van der Waals surface area contributed by atoms with Crippen LogP contribution in [0.5, 0.6) is 0 Å². The summed E-state index contributed by atoms with van der Waals surface area (Å²) in [6.45, 7) is 1.87. The fourth-order valence-electron chi connectivity index (χ4n) is 2.37. The number of hydrogen-bond acceptors (Lipinski definition) is 6. The van der Waals surface area contributed by atoms with E-state index >= 15 is 0 Å². The van der Waals surface area contributed by atoms with Gasteiger partial charge >= 0.3 is 0 Å². The number of carbonyl (C=O) groups excluding carboxylic acids is 1. The first-order valence-electron chi connectivity index (χ1n) is 7.23. The molecule has 3 aromatic rings. The van der Waals surface area contributed by atoms with Gasteiger partial charge in [0.1, 0.15) is 0 Å². The molecule has 1 aromatic heterocycles. The minimum Gasteiger partial charge on any atom is -0.288 e. The largest absolute Gasteiger partial charge is 0.288 e. The first-order valence-corrected chi connectivity index (χ1v) is 9.49. The third-order valence-electron chi connectivity index (χ3n) is 3.72. The number of hydroxylamine groups is 1. The van der Waals surface area contributed by atoms with Gasteiger partial charge in [-0.2, -0.15) is 0 Å². The molecule has 0 spiro atoms. The molecule has 3 rings (SSSR count). The number of sulfonamides is 1. The Balaban J connectivity index is 1.95. The minimum atomic E-state index is -3.76. The molecule has 0 saturated carbocycles.